The fourth-order valence-corrected chi connectivity index (χ4v) is 2.98. The van der Waals surface area contributed by atoms with Gasteiger partial charge in [0.2, 0.25) is 5.28 Å². The van der Waals surface area contributed by atoms with Crippen molar-refractivity contribution in [1.29, 1.82) is 0 Å². The van der Waals surface area contributed by atoms with Gasteiger partial charge in [0, 0.05) is 13.1 Å². The first-order valence-corrected chi connectivity index (χ1v) is 7.30. The number of aromatic nitrogens is 2. The molecular weight excluding hydrogens is 280 g/mol. The summed E-state index contributed by atoms with van der Waals surface area (Å²) in [5, 5.41) is 0.217. The molecule has 1 unspecified atom stereocenters. The van der Waals surface area contributed by atoms with Crippen LogP contribution in [0.1, 0.15) is 12.8 Å². The van der Waals surface area contributed by atoms with Crippen LogP contribution in [-0.2, 0) is 9.53 Å². The molecule has 0 bridgehead atoms. The Morgan fingerprint density at radius 3 is 3.10 bits per heavy atom. The molecule has 0 aromatic carbocycles. The van der Waals surface area contributed by atoms with Gasteiger partial charge in [0.25, 0.3) is 5.91 Å². The summed E-state index contributed by atoms with van der Waals surface area (Å²) in [5.74, 6) is 1.46. The van der Waals surface area contributed by atoms with E-state index in [0.717, 1.165) is 18.1 Å². The summed E-state index contributed by atoms with van der Waals surface area (Å²) < 4.78 is 5.46. The van der Waals surface area contributed by atoms with Crippen LogP contribution < -0.4 is 9.80 Å². The van der Waals surface area contributed by atoms with Gasteiger partial charge < -0.3 is 14.5 Å². The molecule has 106 valence electrons. The van der Waals surface area contributed by atoms with Gasteiger partial charge in [-0.1, -0.05) is 0 Å². The van der Waals surface area contributed by atoms with Crippen molar-refractivity contribution in [2.75, 3.05) is 36.1 Å². The lowest BCUT2D eigenvalue weighted by atomic mass is 10.1. The third kappa shape index (κ3) is 1.94. The van der Waals surface area contributed by atoms with E-state index in [1.165, 1.54) is 12.8 Å². The second-order valence-corrected chi connectivity index (χ2v) is 5.86. The van der Waals surface area contributed by atoms with Crippen LogP contribution in [0.15, 0.2) is 6.20 Å². The Kier molecular flexibility index (Phi) is 2.82. The van der Waals surface area contributed by atoms with Crippen LogP contribution >= 0.6 is 11.6 Å². The Hall–Kier alpha value is -1.40. The normalized spacial score (nSPS) is 25.4. The quantitative estimate of drug-likeness (QED) is 0.764. The van der Waals surface area contributed by atoms with Gasteiger partial charge in [-0.2, -0.15) is 4.98 Å². The number of hydrogen-bond acceptors (Lipinski definition) is 5. The first-order chi connectivity index (χ1) is 9.74. The molecule has 3 aliphatic rings. The maximum atomic E-state index is 12.7. The minimum absolute atomic E-state index is 0.0926. The first-order valence-electron chi connectivity index (χ1n) is 6.92. The van der Waals surface area contributed by atoms with E-state index in [-0.39, 0.29) is 17.2 Å². The van der Waals surface area contributed by atoms with E-state index >= 15 is 0 Å². The highest BCUT2D eigenvalue weighted by atomic mass is 35.5. The summed E-state index contributed by atoms with van der Waals surface area (Å²) in [6.45, 7) is 2.43. The minimum Gasteiger partial charge on any atom is -0.377 e. The summed E-state index contributed by atoms with van der Waals surface area (Å²) in [6, 6.07) is -0.277. The topological polar surface area (TPSA) is 58.6 Å². The highest BCUT2D eigenvalue weighted by Crippen LogP contribution is 2.39. The zero-order valence-corrected chi connectivity index (χ0v) is 11.7. The Balaban J connectivity index is 1.78. The van der Waals surface area contributed by atoms with Crippen molar-refractivity contribution < 1.29 is 9.53 Å². The van der Waals surface area contributed by atoms with E-state index < -0.39 is 0 Å². The maximum absolute atomic E-state index is 12.7. The molecule has 6 nitrogen and oxygen atoms in total. The van der Waals surface area contributed by atoms with Gasteiger partial charge in [-0.05, 0) is 30.4 Å². The van der Waals surface area contributed by atoms with E-state index in [1.54, 1.807) is 6.20 Å². The predicted molar refractivity (Wildman–Crippen MR) is 74.1 cm³/mol. The number of morpholine rings is 1. The second-order valence-electron chi connectivity index (χ2n) is 5.52. The van der Waals surface area contributed by atoms with Crippen molar-refractivity contribution >= 4 is 29.0 Å². The zero-order valence-electron chi connectivity index (χ0n) is 11.0. The summed E-state index contributed by atoms with van der Waals surface area (Å²) >= 11 is 5.93. The summed E-state index contributed by atoms with van der Waals surface area (Å²) in [6.07, 6.45) is 4.05. The minimum atomic E-state index is -0.277. The summed E-state index contributed by atoms with van der Waals surface area (Å²) in [4.78, 5) is 24.9. The van der Waals surface area contributed by atoms with Crippen molar-refractivity contribution in [3.8, 4) is 0 Å². The lowest BCUT2D eigenvalue weighted by Crippen LogP contribution is -2.59. The van der Waals surface area contributed by atoms with E-state index in [0.29, 0.717) is 25.7 Å². The fourth-order valence-electron chi connectivity index (χ4n) is 2.85. The number of hydrogen-bond donors (Lipinski definition) is 0. The van der Waals surface area contributed by atoms with Crippen LogP contribution in [0.3, 0.4) is 0 Å². The standard InChI is InChI=1S/C13H15ClN4O2/c14-13-15-5-9-11(16-13)17-3-4-20-7-10(17)12(19)18(9)6-8-1-2-8/h5,8,10H,1-4,6-7H2. The smallest absolute Gasteiger partial charge is 0.252 e. The SMILES string of the molecule is O=C1C2COCCN2c2nc(Cl)ncc2N1CC1CC1. The van der Waals surface area contributed by atoms with Crippen molar-refractivity contribution in [3.63, 3.8) is 0 Å². The first kappa shape index (κ1) is 12.3. The fraction of sp³-hybridized carbons (Fsp3) is 0.615. The Morgan fingerprint density at radius 2 is 2.30 bits per heavy atom. The number of carbonyl (C=O) groups excluding carboxylic acids is 1. The number of nitrogens with zero attached hydrogens (tertiary/aromatic N) is 4. The number of rotatable bonds is 2. The van der Waals surface area contributed by atoms with Gasteiger partial charge in [0.15, 0.2) is 5.82 Å². The second kappa shape index (κ2) is 4.56. The molecule has 2 fully saturated rings. The number of ether oxygens (including phenoxy) is 1. The molecule has 0 radical (unpaired) electrons. The molecule has 1 aliphatic carbocycles. The predicted octanol–water partition coefficient (Wildman–Crippen LogP) is 1.09. The monoisotopic (exact) mass is 294 g/mol. The van der Waals surface area contributed by atoms with Crippen molar-refractivity contribution in [2.24, 2.45) is 5.92 Å². The third-order valence-corrected chi connectivity index (χ3v) is 4.28. The number of halogens is 1. The van der Waals surface area contributed by atoms with E-state index in [2.05, 4.69) is 9.97 Å². The van der Waals surface area contributed by atoms with Crippen LogP contribution in [-0.4, -0.2) is 48.2 Å². The summed E-state index contributed by atoms with van der Waals surface area (Å²) in [5.41, 5.74) is 0.782. The number of carbonyl (C=O) groups is 1. The Morgan fingerprint density at radius 1 is 1.45 bits per heavy atom. The van der Waals surface area contributed by atoms with E-state index in [9.17, 15) is 4.79 Å². The maximum Gasteiger partial charge on any atom is 0.252 e. The van der Waals surface area contributed by atoms with Crippen LogP contribution in [0, 0.1) is 5.92 Å². The van der Waals surface area contributed by atoms with Crippen molar-refractivity contribution in [3.05, 3.63) is 11.5 Å². The van der Waals surface area contributed by atoms with Crippen LogP contribution in [0.5, 0.6) is 0 Å². The molecule has 1 aromatic heterocycles. The van der Waals surface area contributed by atoms with Gasteiger partial charge in [0.1, 0.15) is 11.7 Å². The van der Waals surface area contributed by atoms with Gasteiger partial charge in [-0.25, -0.2) is 4.98 Å². The molecule has 1 aromatic rings. The largest absolute Gasteiger partial charge is 0.377 e. The number of amides is 1. The Labute approximate surface area is 121 Å². The molecule has 20 heavy (non-hydrogen) atoms. The molecule has 3 heterocycles. The van der Waals surface area contributed by atoms with Crippen LogP contribution in [0.4, 0.5) is 11.5 Å². The van der Waals surface area contributed by atoms with E-state index in [1.807, 2.05) is 9.80 Å². The highest BCUT2D eigenvalue weighted by Gasteiger charge is 2.42. The zero-order chi connectivity index (χ0) is 13.7. The number of anilines is 2. The Bertz CT molecular complexity index is 563. The van der Waals surface area contributed by atoms with Crippen molar-refractivity contribution in [2.45, 2.75) is 18.9 Å². The van der Waals surface area contributed by atoms with Crippen LogP contribution in [0.25, 0.3) is 0 Å². The highest BCUT2D eigenvalue weighted by molar-refractivity contribution is 6.28. The molecule has 1 atom stereocenters. The molecule has 4 rings (SSSR count). The molecule has 1 amide bonds. The average Bonchev–Trinajstić information content (AvgIpc) is 3.28. The average molecular weight is 295 g/mol. The molecule has 1 saturated carbocycles. The van der Waals surface area contributed by atoms with Gasteiger partial charge in [-0.15, -0.1) is 0 Å². The molecule has 7 heteroatoms. The van der Waals surface area contributed by atoms with Crippen molar-refractivity contribution in [1.82, 2.24) is 9.97 Å². The number of fused-ring (bicyclic) bond motifs is 3. The molecule has 1 saturated heterocycles. The molecule has 0 N–H and O–H groups in total. The molecule has 0 spiro atoms. The summed E-state index contributed by atoms with van der Waals surface area (Å²) in [7, 11) is 0. The van der Waals surface area contributed by atoms with Gasteiger partial charge in [-0.3, -0.25) is 4.79 Å². The van der Waals surface area contributed by atoms with E-state index in [4.69, 9.17) is 16.3 Å². The van der Waals surface area contributed by atoms with Gasteiger partial charge >= 0.3 is 0 Å². The molecule has 2 aliphatic heterocycles. The van der Waals surface area contributed by atoms with Crippen LogP contribution in [0.2, 0.25) is 5.28 Å². The third-order valence-electron chi connectivity index (χ3n) is 4.10. The lowest BCUT2D eigenvalue weighted by Gasteiger charge is -2.43. The van der Waals surface area contributed by atoms with Gasteiger partial charge in [0.05, 0.1) is 19.4 Å². The lowest BCUT2D eigenvalue weighted by molar-refractivity contribution is -0.122. The molecular formula is C13H15ClN4O2.